The standard InChI is InChI=1S/C17H15N3OS/c1-10(2)11-3-5-12(6-4-11)20-17(21)13-9-18-14-7-8-22-16(14)15(13)19-20/h3-10,19H,1-2H3. The molecule has 1 aromatic carbocycles. The van der Waals surface area contributed by atoms with Crippen molar-refractivity contribution >= 4 is 32.5 Å². The number of H-pyrrole nitrogens is 1. The minimum atomic E-state index is -0.0601. The number of nitrogens with zero attached hydrogens (tertiary/aromatic N) is 2. The van der Waals surface area contributed by atoms with E-state index in [0.29, 0.717) is 11.3 Å². The van der Waals surface area contributed by atoms with Crippen molar-refractivity contribution in [2.75, 3.05) is 0 Å². The number of rotatable bonds is 2. The van der Waals surface area contributed by atoms with Crippen LogP contribution in [0, 0.1) is 0 Å². The molecule has 3 aromatic heterocycles. The molecule has 0 atom stereocenters. The summed E-state index contributed by atoms with van der Waals surface area (Å²) in [6.07, 6.45) is 1.65. The zero-order chi connectivity index (χ0) is 15.3. The van der Waals surface area contributed by atoms with Gasteiger partial charge in [0, 0.05) is 6.20 Å². The van der Waals surface area contributed by atoms with Crippen LogP contribution >= 0.6 is 11.3 Å². The Hall–Kier alpha value is -2.40. The third-order valence-electron chi connectivity index (χ3n) is 3.95. The van der Waals surface area contributed by atoms with Crippen molar-refractivity contribution in [3.8, 4) is 5.69 Å². The van der Waals surface area contributed by atoms with E-state index in [-0.39, 0.29) is 5.56 Å². The van der Waals surface area contributed by atoms with Gasteiger partial charge in [-0.3, -0.25) is 14.9 Å². The van der Waals surface area contributed by atoms with E-state index in [4.69, 9.17) is 0 Å². The van der Waals surface area contributed by atoms with Gasteiger partial charge in [0.25, 0.3) is 5.56 Å². The Morgan fingerprint density at radius 3 is 2.68 bits per heavy atom. The molecule has 0 spiro atoms. The highest BCUT2D eigenvalue weighted by molar-refractivity contribution is 7.18. The molecule has 0 amide bonds. The molecule has 0 aliphatic heterocycles. The Morgan fingerprint density at radius 1 is 1.18 bits per heavy atom. The topological polar surface area (TPSA) is 50.7 Å². The molecule has 3 heterocycles. The fraction of sp³-hybridized carbons (Fsp3) is 0.176. The van der Waals surface area contributed by atoms with Gasteiger partial charge in [-0.2, -0.15) is 0 Å². The number of nitrogens with one attached hydrogen (secondary N) is 1. The number of pyridine rings is 1. The molecule has 4 aromatic rings. The average Bonchev–Trinajstić information content (AvgIpc) is 3.12. The number of hydrogen-bond donors (Lipinski definition) is 1. The second kappa shape index (κ2) is 4.81. The number of fused-ring (bicyclic) bond motifs is 3. The summed E-state index contributed by atoms with van der Waals surface area (Å²) in [5.74, 6) is 0.475. The third kappa shape index (κ3) is 1.89. The van der Waals surface area contributed by atoms with Gasteiger partial charge in [-0.25, -0.2) is 4.68 Å². The van der Waals surface area contributed by atoms with Crippen molar-refractivity contribution < 1.29 is 0 Å². The second-order valence-corrected chi connectivity index (χ2v) is 6.60. The highest BCUT2D eigenvalue weighted by Gasteiger charge is 2.12. The van der Waals surface area contributed by atoms with Crippen LogP contribution < -0.4 is 5.56 Å². The average molecular weight is 309 g/mol. The highest BCUT2D eigenvalue weighted by Crippen LogP contribution is 2.25. The van der Waals surface area contributed by atoms with Gasteiger partial charge in [-0.1, -0.05) is 26.0 Å². The molecule has 0 bridgehead atoms. The fourth-order valence-electron chi connectivity index (χ4n) is 2.66. The molecule has 5 heteroatoms. The molecule has 0 radical (unpaired) electrons. The number of benzene rings is 1. The Balaban J connectivity index is 1.94. The van der Waals surface area contributed by atoms with Crippen LogP contribution in [-0.2, 0) is 0 Å². The maximum Gasteiger partial charge on any atom is 0.280 e. The largest absolute Gasteiger partial charge is 0.289 e. The summed E-state index contributed by atoms with van der Waals surface area (Å²) in [4.78, 5) is 17.0. The highest BCUT2D eigenvalue weighted by atomic mass is 32.1. The molecule has 1 N–H and O–H groups in total. The van der Waals surface area contributed by atoms with Crippen LogP contribution in [0.15, 0.2) is 46.7 Å². The lowest BCUT2D eigenvalue weighted by molar-refractivity contribution is 0.847. The minimum Gasteiger partial charge on any atom is -0.289 e. The first-order chi connectivity index (χ1) is 10.6. The first-order valence-corrected chi connectivity index (χ1v) is 8.10. The summed E-state index contributed by atoms with van der Waals surface area (Å²) in [5, 5.41) is 5.85. The minimum absolute atomic E-state index is 0.0601. The number of thiophene rings is 1. The van der Waals surface area contributed by atoms with E-state index in [2.05, 4.69) is 36.1 Å². The first-order valence-electron chi connectivity index (χ1n) is 7.22. The number of aromatic amines is 1. The molecule has 0 aliphatic rings. The zero-order valence-electron chi connectivity index (χ0n) is 12.3. The van der Waals surface area contributed by atoms with E-state index in [0.717, 1.165) is 21.4 Å². The van der Waals surface area contributed by atoms with Gasteiger partial charge in [0.15, 0.2) is 0 Å². The number of hydrogen-bond acceptors (Lipinski definition) is 3. The van der Waals surface area contributed by atoms with Crippen LogP contribution in [0.1, 0.15) is 25.3 Å². The van der Waals surface area contributed by atoms with Gasteiger partial charge in [0.1, 0.15) is 0 Å². The van der Waals surface area contributed by atoms with Crippen LogP contribution in [0.5, 0.6) is 0 Å². The second-order valence-electron chi connectivity index (χ2n) is 5.68. The van der Waals surface area contributed by atoms with E-state index in [1.807, 2.05) is 23.6 Å². The lowest BCUT2D eigenvalue weighted by Gasteiger charge is -2.06. The smallest absolute Gasteiger partial charge is 0.280 e. The lowest BCUT2D eigenvalue weighted by Crippen LogP contribution is -2.14. The van der Waals surface area contributed by atoms with E-state index in [1.54, 1.807) is 22.2 Å². The molecule has 0 saturated heterocycles. The first kappa shape index (κ1) is 13.3. The molecule has 4 rings (SSSR count). The molecule has 0 saturated carbocycles. The molecule has 22 heavy (non-hydrogen) atoms. The number of aromatic nitrogens is 3. The Bertz CT molecular complexity index is 1020. The van der Waals surface area contributed by atoms with E-state index >= 15 is 0 Å². The van der Waals surface area contributed by atoms with E-state index in [1.165, 1.54) is 5.56 Å². The van der Waals surface area contributed by atoms with Crippen LogP contribution in [0.4, 0.5) is 0 Å². The molecule has 0 aliphatic carbocycles. The van der Waals surface area contributed by atoms with Crippen LogP contribution in [-0.4, -0.2) is 14.8 Å². The monoisotopic (exact) mass is 309 g/mol. The Labute approximate surface area is 131 Å². The SMILES string of the molecule is CC(C)c1ccc(-n2[nH]c3c(cnc4ccsc43)c2=O)cc1. The zero-order valence-corrected chi connectivity index (χ0v) is 13.1. The normalized spacial score (nSPS) is 11.8. The summed E-state index contributed by atoms with van der Waals surface area (Å²) >= 11 is 1.59. The molecule has 4 nitrogen and oxygen atoms in total. The molecule has 110 valence electrons. The third-order valence-corrected chi connectivity index (χ3v) is 4.87. The predicted molar refractivity (Wildman–Crippen MR) is 91.2 cm³/mol. The van der Waals surface area contributed by atoms with Gasteiger partial charge < -0.3 is 0 Å². The molecular formula is C17H15N3OS. The van der Waals surface area contributed by atoms with Crippen molar-refractivity contribution in [1.29, 1.82) is 0 Å². The van der Waals surface area contributed by atoms with Crippen molar-refractivity contribution in [1.82, 2.24) is 14.8 Å². The van der Waals surface area contributed by atoms with Crippen LogP contribution in [0.25, 0.3) is 26.8 Å². The summed E-state index contributed by atoms with van der Waals surface area (Å²) < 4.78 is 2.61. The van der Waals surface area contributed by atoms with Gasteiger partial charge in [-0.05, 0) is 35.1 Å². The molecule has 0 unspecified atom stereocenters. The van der Waals surface area contributed by atoms with E-state index < -0.39 is 0 Å². The predicted octanol–water partition coefficient (Wildman–Crippen LogP) is 4.05. The molecular weight excluding hydrogens is 294 g/mol. The quantitative estimate of drug-likeness (QED) is 0.607. The maximum absolute atomic E-state index is 12.6. The Kier molecular flexibility index (Phi) is 2.90. The van der Waals surface area contributed by atoms with Crippen molar-refractivity contribution in [2.24, 2.45) is 0 Å². The van der Waals surface area contributed by atoms with Crippen molar-refractivity contribution in [3.63, 3.8) is 0 Å². The summed E-state index contributed by atoms with van der Waals surface area (Å²) in [6.45, 7) is 4.31. The van der Waals surface area contributed by atoms with Crippen LogP contribution in [0.2, 0.25) is 0 Å². The summed E-state index contributed by atoms with van der Waals surface area (Å²) in [6, 6.07) is 10.1. The van der Waals surface area contributed by atoms with Crippen molar-refractivity contribution in [2.45, 2.75) is 19.8 Å². The van der Waals surface area contributed by atoms with Gasteiger partial charge in [0.05, 0.1) is 26.8 Å². The fourth-order valence-corrected chi connectivity index (χ4v) is 3.51. The molecule has 0 fully saturated rings. The summed E-state index contributed by atoms with van der Waals surface area (Å²) in [7, 11) is 0. The summed E-state index contributed by atoms with van der Waals surface area (Å²) in [5.41, 5.74) is 3.82. The van der Waals surface area contributed by atoms with Gasteiger partial charge in [0.2, 0.25) is 0 Å². The van der Waals surface area contributed by atoms with Gasteiger partial charge in [-0.15, -0.1) is 11.3 Å². The Morgan fingerprint density at radius 2 is 1.95 bits per heavy atom. The van der Waals surface area contributed by atoms with E-state index in [9.17, 15) is 4.79 Å². The lowest BCUT2D eigenvalue weighted by atomic mass is 10.0. The van der Waals surface area contributed by atoms with Gasteiger partial charge >= 0.3 is 0 Å². The van der Waals surface area contributed by atoms with Crippen LogP contribution in [0.3, 0.4) is 0 Å². The van der Waals surface area contributed by atoms with Crippen molar-refractivity contribution in [3.05, 3.63) is 57.8 Å². The maximum atomic E-state index is 12.6.